The van der Waals surface area contributed by atoms with E-state index in [9.17, 15) is 14.5 Å². The van der Waals surface area contributed by atoms with Crippen LogP contribution in [0, 0.1) is 0 Å². The van der Waals surface area contributed by atoms with E-state index in [2.05, 4.69) is 0 Å². The second-order valence-corrected chi connectivity index (χ2v) is 11.1. The number of benzene rings is 1. The topological polar surface area (TPSA) is 72.8 Å². The lowest BCUT2D eigenvalue weighted by Crippen LogP contribution is -2.30. The number of phenols is 1. The van der Waals surface area contributed by atoms with Crippen molar-refractivity contribution in [3.8, 4) is 5.75 Å². The van der Waals surface area contributed by atoms with Crippen LogP contribution in [0.2, 0.25) is 0 Å². The zero-order valence-corrected chi connectivity index (χ0v) is 19.8. The van der Waals surface area contributed by atoms with Gasteiger partial charge in [-0.3, -0.25) is 9.36 Å². The molecule has 0 fully saturated rings. The fourth-order valence-corrected chi connectivity index (χ4v) is 5.34. The van der Waals surface area contributed by atoms with Gasteiger partial charge in [0.1, 0.15) is 5.75 Å². The molecule has 0 saturated heterocycles. The highest BCUT2D eigenvalue weighted by molar-refractivity contribution is 7.56. The van der Waals surface area contributed by atoms with Gasteiger partial charge < -0.3 is 14.2 Å². The molecule has 0 radical (unpaired) electrons. The van der Waals surface area contributed by atoms with Gasteiger partial charge in [-0.1, -0.05) is 26.8 Å². The number of hydrogen-bond donors (Lipinski definition) is 1. The molecule has 1 aliphatic rings. The van der Waals surface area contributed by atoms with Gasteiger partial charge in [0.05, 0.1) is 13.2 Å². The van der Waals surface area contributed by atoms with Gasteiger partial charge in [0.2, 0.25) is 5.78 Å². The van der Waals surface area contributed by atoms with E-state index in [-0.39, 0.29) is 18.6 Å². The van der Waals surface area contributed by atoms with Crippen LogP contribution in [0.3, 0.4) is 0 Å². The summed E-state index contributed by atoms with van der Waals surface area (Å²) in [7, 11) is -4.27. The predicted molar refractivity (Wildman–Crippen MR) is 118 cm³/mol. The molecule has 1 aliphatic carbocycles. The first-order chi connectivity index (χ1) is 13.9. The maximum absolute atomic E-state index is 15.3. The molecular formula is C23H34FO5P. The van der Waals surface area contributed by atoms with Gasteiger partial charge in [-0.25, -0.2) is 4.39 Å². The van der Waals surface area contributed by atoms with Crippen LogP contribution in [0.4, 0.5) is 4.39 Å². The number of carbonyl (C=O) groups excluding carboxylic acids is 1. The van der Waals surface area contributed by atoms with Crippen molar-refractivity contribution in [1.82, 2.24) is 0 Å². The summed E-state index contributed by atoms with van der Waals surface area (Å²) in [5.74, 6) is -0.657. The van der Waals surface area contributed by atoms with Gasteiger partial charge in [0.15, 0.2) is 0 Å². The minimum Gasteiger partial charge on any atom is -0.507 e. The lowest BCUT2D eigenvalue weighted by molar-refractivity contribution is -0.121. The van der Waals surface area contributed by atoms with Crippen LogP contribution in [-0.4, -0.2) is 29.5 Å². The molecule has 30 heavy (non-hydrogen) atoms. The molecule has 0 heterocycles. The number of fused-ring (bicyclic) bond motifs is 1. The van der Waals surface area contributed by atoms with Crippen LogP contribution in [0.5, 0.6) is 5.75 Å². The average Bonchev–Trinajstić information content (AvgIpc) is 2.66. The Morgan fingerprint density at radius 1 is 1.13 bits per heavy atom. The number of halogens is 1. The number of allylic oxidation sites excluding steroid dienone is 1. The summed E-state index contributed by atoms with van der Waals surface area (Å²) < 4.78 is 38.3. The molecule has 1 unspecified atom stereocenters. The minimum atomic E-state index is -4.27. The second-order valence-electron chi connectivity index (χ2n) is 8.76. The Labute approximate surface area is 179 Å². The van der Waals surface area contributed by atoms with Crippen molar-refractivity contribution in [3.05, 3.63) is 34.4 Å². The maximum Gasteiger partial charge on any atom is 0.375 e. The monoisotopic (exact) mass is 440 g/mol. The van der Waals surface area contributed by atoms with E-state index in [1.807, 2.05) is 26.8 Å². The molecule has 5 nitrogen and oxygen atoms in total. The molecule has 0 spiro atoms. The molecule has 1 aromatic rings. The first-order valence-electron chi connectivity index (χ1n) is 10.6. The summed E-state index contributed by atoms with van der Waals surface area (Å²) in [4.78, 5) is 12.7. The standard InChI is InChI=1S/C23H34FO5P/c1-7-28-30(27,29-8-2)23(6,24)20(25)14-13-16-15-19(22(3,4)5)21(26)18-12-10-9-11-17(16)18/h13-15,26H,7-12H2,1-6H3. The Kier molecular flexibility index (Phi) is 7.71. The normalized spacial score (nSPS) is 17.0. The van der Waals surface area contributed by atoms with Crippen LogP contribution in [0.15, 0.2) is 12.1 Å². The Bertz CT molecular complexity index is 857. The Balaban J connectivity index is 2.48. The van der Waals surface area contributed by atoms with Crippen molar-refractivity contribution in [1.29, 1.82) is 0 Å². The lowest BCUT2D eigenvalue weighted by atomic mass is 9.79. The van der Waals surface area contributed by atoms with Crippen LogP contribution < -0.4 is 0 Å². The molecule has 0 aromatic heterocycles. The number of rotatable bonds is 8. The van der Waals surface area contributed by atoms with E-state index >= 15 is 4.39 Å². The molecule has 0 bridgehead atoms. The Morgan fingerprint density at radius 2 is 1.67 bits per heavy atom. The number of carbonyl (C=O) groups is 1. The Hall–Kier alpha value is -1.49. The third-order valence-electron chi connectivity index (χ3n) is 5.44. The smallest absolute Gasteiger partial charge is 0.375 e. The van der Waals surface area contributed by atoms with E-state index in [0.29, 0.717) is 5.75 Å². The Morgan fingerprint density at radius 3 is 2.17 bits per heavy atom. The van der Waals surface area contributed by atoms with Crippen molar-refractivity contribution in [2.45, 2.75) is 78.1 Å². The van der Waals surface area contributed by atoms with E-state index in [1.54, 1.807) is 19.9 Å². The number of hydrogen-bond acceptors (Lipinski definition) is 5. The van der Waals surface area contributed by atoms with Gasteiger partial charge in [0, 0.05) is 5.56 Å². The van der Waals surface area contributed by atoms with E-state index < -0.39 is 18.8 Å². The fraction of sp³-hybridized carbons (Fsp3) is 0.609. The SMILES string of the molecule is CCOP(=O)(OCC)C(C)(F)C(=O)C=Cc1cc(C(C)(C)C)c(O)c2c1CCCC2. The maximum atomic E-state index is 15.3. The van der Waals surface area contributed by atoms with Crippen molar-refractivity contribution in [2.24, 2.45) is 0 Å². The third-order valence-corrected chi connectivity index (χ3v) is 7.89. The summed E-state index contributed by atoms with van der Waals surface area (Å²) in [6.07, 6.45) is 6.19. The highest BCUT2D eigenvalue weighted by Crippen LogP contribution is 2.61. The summed E-state index contributed by atoms with van der Waals surface area (Å²) in [6, 6.07) is 1.86. The summed E-state index contributed by atoms with van der Waals surface area (Å²) in [5, 5.41) is 8.01. The van der Waals surface area contributed by atoms with Gasteiger partial charge >= 0.3 is 7.60 Å². The van der Waals surface area contributed by atoms with Crippen molar-refractivity contribution >= 4 is 19.5 Å². The quantitative estimate of drug-likeness (QED) is 0.390. The molecule has 0 saturated carbocycles. The van der Waals surface area contributed by atoms with Crippen LogP contribution in [0.1, 0.15) is 76.6 Å². The third kappa shape index (κ3) is 4.87. The van der Waals surface area contributed by atoms with Crippen molar-refractivity contribution in [3.63, 3.8) is 0 Å². The summed E-state index contributed by atoms with van der Waals surface area (Å²) in [5.41, 5.74) is 3.15. The highest BCUT2D eigenvalue weighted by atomic mass is 31.2. The number of alkyl halides is 1. The largest absolute Gasteiger partial charge is 0.507 e. The van der Waals surface area contributed by atoms with Gasteiger partial charge in [-0.2, -0.15) is 0 Å². The summed E-state index contributed by atoms with van der Waals surface area (Å²) in [6.45, 7) is 10.0. The number of ketones is 1. The van der Waals surface area contributed by atoms with Gasteiger partial charge in [-0.15, -0.1) is 0 Å². The zero-order valence-electron chi connectivity index (χ0n) is 18.9. The van der Waals surface area contributed by atoms with E-state index in [4.69, 9.17) is 9.05 Å². The van der Waals surface area contributed by atoms with Crippen molar-refractivity contribution < 1.29 is 27.9 Å². The number of phenolic OH excluding ortho intramolecular Hbond substituents is 1. The molecule has 1 atom stereocenters. The lowest BCUT2D eigenvalue weighted by Gasteiger charge is -2.28. The van der Waals surface area contributed by atoms with Gasteiger partial charge in [-0.05, 0) is 80.7 Å². The predicted octanol–water partition coefficient (Wildman–Crippen LogP) is 6.10. The molecule has 168 valence electrons. The molecule has 0 amide bonds. The molecule has 2 rings (SSSR count). The molecule has 0 aliphatic heterocycles. The van der Waals surface area contributed by atoms with Crippen LogP contribution in [0.25, 0.3) is 6.08 Å². The molecule has 1 aromatic carbocycles. The molecule has 1 N–H and O–H groups in total. The number of aromatic hydroxyl groups is 1. The average molecular weight is 440 g/mol. The van der Waals surface area contributed by atoms with Crippen molar-refractivity contribution in [2.75, 3.05) is 13.2 Å². The van der Waals surface area contributed by atoms with Crippen LogP contribution >= 0.6 is 7.60 Å². The molecular weight excluding hydrogens is 406 g/mol. The first-order valence-corrected chi connectivity index (χ1v) is 12.1. The summed E-state index contributed by atoms with van der Waals surface area (Å²) >= 11 is 0. The highest BCUT2D eigenvalue weighted by Gasteiger charge is 2.53. The minimum absolute atomic E-state index is 0.0335. The van der Waals surface area contributed by atoms with Gasteiger partial charge in [0.25, 0.3) is 5.41 Å². The zero-order chi connectivity index (χ0) is 22.7. The van der Waals surface area contributed by atoms with E-state index in [0.717, 1.165) is 60.9 Å². The van der Waals surface area contributed by atoms with Crippen LogP contribution in [-0.2, 0) is 36.7 Å². The molecule has 7 heteroatoms. The van der Waals surface area contributed by atoms with E-state index in [1.165, 1.54) is 0 Å². The fourth-order valence-electron chi connectivity index (χ4n) is 3.75. The first kappa shape index (κ1) is 24.8. The second kappa shape index (κ2) is 9.33.